The topological polar surface area (TPSA) is 24.9 Å². The molecule has 0 spiro atoms. The number of halogens is 2. The molecule has 1 atom stereocenters. The van der Waals surface area contributed by atoms with Crippen molar-refractivity contribution in [2.24, 2.45) is 0 Å². The molecule has 1 aromatic heterocycles. The van der Waals surface area contributed by atoms with Gasteiger partial charge >= 0.3 is 0 Å². The summed E-state index contributed by atoms with van der Waals surface area (Å²) in [6.07, 6.45) is 5.53. The minimum absolute atomic E-state index is 0.144. The molecule has 0 bridgehead atoms. The third-order valence-corrected chi connectivity index (χ3v) is 3.76. The molecule has 0 fully saturated rings. The highest BCUT2D eigenvalue weighted by molar-refractivity contribution is 9.10. The molecule has 4 heteroatoms. The lowest BCUT2D eigenvalue weighted by atomic mass is 9.99. The molecule has 0 saturated heterocycles. The zero-order valence-corrected chi connectivity index (χ0v) is 14.0. The molecule has 0 amide bonds. The standard InChI is InChI=1S/C17H20BrFN2/c1-3-4-21-17(14-5-12(2)10-20-11-14)8-13-6-15(18)9-16(19)7-13/h5-7,9-11,17,21H,3-4,8H2,1-2H3. The third kappa shape index (κ3) is 4.90. The summed E-state index contributed by atoms with van der Waals surface area (Å²) in [5.41, 5.74) is 3.25. The van der Waals surface area contributed by atoms with E-state index in [1.54, 1.807) is 6.07 Å². The average molecular weight is 351 g/mol. The molecule has 1 aromatic carbocycles. The van der Waals surface area contributed by atoms with Crippen LogP contribution in [0.15, 0.2) is 41.1 Å². The molecule has 0 aliphatic heterocycles. The van der Waals surface area contributed by atoms with E-state index in [-0.39, 0.29) is 11.9 Å². The Kier molecular flexibility index (Phi) is 5.88. The Hall–Kier alpha value is -1.26. The van der Waals surface area contributed by atoms with Gasteiger partial charge in [0.2, 0.25) is 0 Å². The molecule has 2 aromatic rings. The van der Waals surface area contributed by atoms with E-state index in [4.69, 9.17) is 0 Å². The van der Waals surface area contributed by atoms with Crippen molar-refractivity contribution in [2.75, 3.05) is 6.54 Å². The van der Waals surface area contributed by atoms with Crippen LogP contribution in [0.4, 0.5) is 4.39 Å². The van der Waals surface area contributed by atoms with Gasteiger partial charge in [-0.25, -0.2) is 4.39 Å². The van der Waals surface area contributed by atoms with Gasteiger partial charge in [0.15, 0.2) is 0 Å². The highest BCUT2D eigenvalue weighted by Crippen LogP contribution is 2.22. The summed E-state index contributed by atoms with van der Waals surface area (Å²) < 4.78 is 14.3. The maximum Gasteiger partial charge on any atom is 0.124 e. The van der Waals surface area contributed by atoms with Crippen molar-refractivity contribution in [3.63, 3.8) is 0 Å². The Morgan fingerprint density at radius 2 is 2.05 bits per heavy atom. The minimum Gasteiger partial charge on any atom is -0.310 e. The van der Waals surface area contributed by atoms with Crippen LogP contribution in [0.3, 0.4) is 0 Å². The van der Waals surface area contributed by atoms with E-state index < -0.39 is 0 Å². The summed E-state index contributed by atoms with van der Waals surface area (Å²) in [5, 5.41) is 3.52. The number of rotatable bonds is 6. The molecule has 1 unspecified atom stereocenters. The highest BCUT2D eigenvalue weighted by atomic mass is 79.9. The van der Waals surface area contributed by atoms with E-state index in [1.807, 2.05) is 25.4 Å². The van der Waals surface area contributed by atoms with Crippen LogP contribution in [0.5, 0.6) is 0 Å². The summed E-state index contributed by atoms with van der Waals surface area (Å²) in [6, 6.07) is 7.31. The van der Waals surface area contributed by atoms with E-state index in [0.717, 1.165) is 40.5 Å². The second kappa shape index (κ2) is 7.66. The lowest BCUT2D eigenvalue weighted by Gasteiger charge is -2.19. The second-order valence-electron chi connectivity index (χ2n) is 5.28. The van der Waals surface area contributed by atoms with Crippen LogP contribution in [-0.2, 0) is 6.42 Å². The Morgan fingerprint density at radius 1 is 1.24 bits per heavy atom. The van der Waals surface area contributed by atoms with Crippen molar-refractivity contribution in [3.05, 3.63) is 63.6 Å². The van der Waals surface area contributed by atoms with Gasteiger partial charge in [-0.3, -0.25) is 4.98 Å². The van der Waals surface area contributed by atoms with Gasteiger partial charge in [0.05, 0.1) is 0 Å². The van der Waals surface area contributed by atoms with Crippen molar-refractivity contribution in [2.45, 2.75) is 32.7 Å². The first-order valence-corrected chi connectivity index (χ1v) is 7.97. The first kappa shape index (κ1) is 16.1. The van der Waals surface area contributed by atoms with Gasteiger partial charge in [-0.15, -0.1) is 0 Å². The summed E-state index contributed by atoms with van der Waals surface area (Å²) in [5.74, 6) is -0.212. The van der Waals surface area contributed by atoms with Crippen molar-refractivity contribution >= 4 is 15.9 Å². The normalized spacial score (nSPS) is 12.4. The second-order valence-corrected chi connectivity index (χ2v) is 6.20. The molecular formula is C17H20BrFN2. The molecule has 1 heterocycles. The maximum absolute atomic E-state index is 13.5. The van der Waals surface area contributed by atoms with Crippen molar-refractivity contribution in [1.82, 2.24) is 10.3 Å². The Balaban J connectivity index is 2.23. The van der Waals surface area contributed by atoms with Gasteiger partial charge in [-0.2, -0.15) is 0 Å². The number of hydrogen-bond donors (Lipinski definition) is 1. The lowest BCUT2D eigenvalue weighted by molar-refractivity contribution is 0.525. The van der Waals surface area contributed by atoms with Crippen LogP contribution < -0.4 is 5.32 Å². The number of nitrogens with one attached hydrogen (secondary N) is 1. The summed E-state index contributed by atoms with van der Waals surface area (Å²) in [6.45, 7) is 5.10. The van der Waals surface area contributed by atoms with Gasteiger partial charge in [-0.1, -0.05) is 28.9 Å². The zero-order valence-electron chi connectivity index (χ0n) is 12.4. The van der Waals surface area contributed by atoms with E-state index in [0.29, 0.717) is 0 Å². The Morgan fingerprint density at radius 3 is 2.71 bits per heavy atom. The summed E-state index contributed by atoms with van der Waals surface area (Å²) in [4.78, 5) is 4.27. The fourth-order valence-electron chi connectivity index (χ4n) is 2.36. The summed E-state index contributed by atoms with van der Waals surface area (Å²) in [7, 11) is 0. The van der Waals surface area contributed by atoms with E-state index in [9.17, 15) is 4.39 Å². The van der Waals surface area contributed by atoms with Crippen molar-refractivity contribution in [3.8, 4) is 0 Å². The van der Waals surface area contributed by atoms with Gasteiger partial charge in [-0.05, 0) is 61.2 Å². The molecule has 2 nitrogen and oxygen atoms in total. The first-order chi connectivity index (χ1) is 10.1. The van der Waals surface area contributed by atoms with E-state index >= 15 is 0 Å². The van der Waals surface area contributed by atoms with Crippen molar-refractivity contribution in [1.29, 1.82) is 0 Å². The fraction of sp³-hybridized carbons (Fsp3) is 0.353. The highest BCUT2D eigenvalue weighted by Gasteiger charge is 2.13. The molecular weight excluding hydrogens is 331 g/mol. The van der Waals surface area contributed by atoms with Crippen LogP contribution in [-0.4, -0.2) is 11.5 Å². The van der Waals surface area contributed by atoms with Gasteiger partial charge in [0.1, 0.15) is 5.82 Å². The molecule has 0 aliphatic carbocycles. The SMILES string of the molecule is CCCNC(Cc1cc(F)cc(Br)c1)c1cncc(C)c1. The quantitative estimate of drug-likeness (QED) is 0.824. The van der Waals surface area contributed by atoms with Gasteiger partial charge < -0.3 is 5.32 Å². The molecule has 0 saturated carbocycles. The average Bonchev–Trinajstić information content (AvgIpc) is 2.42. The number of benzene rings is 1. The van der Waals surface area contributed by atoms with Gasteiger partial charge in [0, 0.05) is 22.9 Å². The predicted molar refractivity (Wildman–Crippen MR) is 87.8 cm³/mol. The number of pyridine rings is 1. The monoisotopic (exact) mass is 350 g/mol. The number of aromatic nitrogens is 1. The maximum atomic E-state index is 13.5. The Bertz CT molecular complexity index is 581. The molecule has 21 heavy (non-hydrogen) atoms. The first-order valence-electron chi connectivity index (χ1n) is 7.18. The predicted octanol–water partition coefficient (Wildman–Crippen LogP) is 4.58. The minimum atomic E-state index is -0.212. The molecule has 112 valence electrons. The number of hydrogen-bond acceptors (Lipinski definition) is 2. The third-order valence-electron chi connectivity index (χ3n) is 3.30. The van der Waals surface area contributed by atoms with Crippen LogP contribution >= 0.6 is 15.9 Å². The van der Waals surface area contributed by atoms with E-state index in [2.05, 4.69) is 39.2 Å². The summed E-state index contributed by atoms with van der Waals surface area (Å²) >= 11 is 3.35. The zero-order chi connectivity index (χ0) is 15.2. The largest absolute Gasteiger partial charge is 0.310 e. The molecule has 0 radical (unpaired) electrons. The van der Waals surface area contributed by atoms with Crippen LogP contribution in [0.25, 0.3) is 0 Å². The molecule has 0 aliphatic rings. The smallest absolute Gasteiger partial charge is 0.124 e. The number of nitrogens with zero attached hydrogens (tertiary/aromatic N) is 1. The van der Waals surface area contributed by atoms with Crippen LogP contribution in [0.1, 0.15) is 36.1 Å². The fourth-order valence-corrected chi connectivity index (χ4v) is 2.87. The lowest BCUT2D eigenvalue weighted by Crippen LogP contribution is -2.24. The molecule has 2 rings (SSSR count). The number of aryl methyl sites for hydroxylation is 1. The Labute approximate surface area is 133 Å². The van der Waals surface area contributed by atoms with Crippen LogP contribution in [0, 0.1) is 12.7 Å². The molecule has 1 N–H and O–H groups in total. The van der Waals surface area contributed by atoms with Crippen LogP contribution in [0.2, 0.25) is 0 Å². The van der Waals surface area contributed by atoms with Gasteiger partial charge in [0.25, 0.3) is 0 Å². The van der Waals surface area contributed by atoms with E-state index in [1.165, 1.54) is 6.07 Å². The van der Waals surface area contributed by atoms with Crippen molar-refractivity contribution < 1.29 is 4.39 Å².